The molecule has 2 unspecified atom stereocenters. The maximum Gasteiger partial charge on any atom is 0.0409 e. The van der Waals surface area contributed by atoms with E-state index in [1.54, 1.807) is 0 Å². The van der Waals surface area contributed by atoms with Gasteiger partial charge in [-0.15, -0.1) is 0 Å². The number of nitrogens with zero attached hydrogens (tertiary/aromatic N) is 1. The topological polar surface area (TPSA) is 3.24 Å². The third-order valence-corrected chi connectivity index (χ3v) is 5.06. The monoisotopic (exact) mass is 313 g/mol. The summed E-state index contributed by atoms with van der Waals surface area (Å²) in [4.78, 5) is 3.42. The fraction of sp³-hybridized carbons (Fsp3) is 0.571. The summed E-state index contributed by atoms with van der Waals surface area (Å²) < 4.78 is 0. The number of alkyl halides is 1. The zero-order chi connectivity index (χ0) is 11.8. The third kappa shape index (κ3) is 2.54. The molecule has 0 radical (unpaired) electrons. The van der Waals surface area contributed by atoms with Gasteiger partial charge >= 0.3 is 0 Å². The van der Waals surface area contributed by atoms with Gasteiger partial charge < -0.3 is 0 Å². The fourth-order valence-electron chi connectivity index (χ4n) is 3.31. The fourth-order valence-corrected chi connectivity index (χ4v) is 4.39. The Labute approximate surface area is 116 Å². The van der Waals surface area contributed by atoms with Gasteiger partial charge in [0.1, 0.15) is 0 Å². The van der Waals surface area contributed by atoms with Crippen LogP contribution in [0, 0.1) is 0 Å². The summed E-state index contributed by atoms with van der Waals surface area (Å²) in [5, 5.41) is 0.852. The second kappa shape index (κ2) is 4.91. The molecule has 2 atom stereocenters. The molecule has 3 heteroatoms. The first-order valence-corrected chi connectivity index (χ1v) is 7.66. The Morgan fingerprint density at radius 3 is 2.59 bits per heavy atom. The molecule has 2 bridgehead atoms. The van der Waals surface area contributed by atoms with Gasteiger partial charge in [0.25, 0.3) is 0 Å². The first kappa shape index (κ1) is 12.0. The first-order chi connectivity index (χ1) is 8.22. The smallest absolute Gasteiger partial charge is 0.0409 e. The largest absolute Gasteiger partial charge is 0.293 e. The Bertz CT molecular complexity index is 395. The number of hydrogen-bond acceptors (Lipinski definition) is 1. The van der Waals surface area contributed by atoms with Crippen LogP contribution in [0.5, 0.6) is 0 Å². The van der Waals surface area contributed by atoms with Gasteiger partial charge in [-0.2, -0.15) is 0 Å². The highest BCUT2D eigenvalue weighted by Crippen LogP contribution is 2.39. The lowest BCUT2D eigenvalue weighted by Gasteiger charge is -2.37. The SMILES string of the molecule is Clc1cccc(CN2C3CCC2CC(Br)C3)c1. The second-order valence-corrected chi connectivity index (χ2v) is 6.99. The standard InChI is InChI=1S/C14H17BrClN/c15-11-7-13-4-5-14(8-11)17(13)9-10-2-1-3-12(16)6-10/h1-3,6,11,13-14H,4-5,7-9H2. The van der Waals surface area contributed by atoms with Crippen LogP contribution in [-0.2, 0) is 6.54 Å². The van der Waals surface area contributed by atoms with Gasteiger partial charge in [0, 0.05) is 28.5 Å². The lowest BCUT2D eigenvalue weighted by atomic mass is 10.0. The molecule has 92 valence electrons. The first-order valence-electron chi connectivity index (χ1n) is 6.36. The van der Waals surface area contributed by atoms with Crippen molar-refractivity contribution in [2.24, 2.45) is 0 Å². The highest BCUT2D eigenvalue weighted by Gasteiger charge is 2.39. The van der Waals surface area contributed by atoms with Crippen LogP contribution < -0.4 is 0 Å². The summed E-state index contributed by atoms with van der Waals surface area (Å²) in [6.45, 7) is 1.07. The van der Waals surface area contributed by atoms with Gasteiger partial charge in [0.2, 0.25) is 0 Å². The highest BCUT2D eigenvalue weighted by atomic mass is 79.9. The van der Waals surface area contributed by atoms with E-state index in [-0.39, 0.29) is 0 Å². The van der Waals surface area contributed by atoms with Gasteiger partial charge in [-0.05, 0) is 43.4 Å². The predicted molar refractivity (Wildman–Crippen MR) is 75.8 cm³/mol. The van der Waals surface area contributed by atoms with Crippen molar-refractivity contribution in [2.45, 2.75) is 49.1 Å². The van der Waals surface area contributed by atoms with Crippen LogP contribution in [0.1, 0.15) is 31.2 Å². The van der Waals surface area contributed by atoms with Gasteiger partial charge in [-0.25, -0.2) is 0 Å². The number of hydrogen-bond donors (Lipinski definition) is 0. The van der Waals surface area contributed by atoms with Crippen molar-refractivity contribution < 1.29 is 0 Å². The van der Waals surface area contributed by atoms with Crippen molar-refractivity contribution in [3.63, 3.8) is 0 Å². The molecule has 0 spiro atoms. The minimum atomic E-state index is 0.732. The minimum Gasteiger partial charge on any atom is -0.293 e. The number of fused-ring (bicyclic) bond motifs is 2. The molecule has 2 aliphatic rings. The van der Waals surface area contributed by atoms with E-state index in [2.05, 4.69) is 39.0 Å². The van der Waals surface area contributed by atoms with Crippen molar-refractivity contribution in [3.8, 4) is 0 Å². The molecule has 2 heterocycles. The summed E-state index contributed by atoms with van der Waals surface area (Å²) >= 11 is 9.83. The molecule has 0 saturated carbocycles. The molecule has 2 fully saturated rings. The van der Waals surface area contributed by atoms with Crippen molar-refractivity contribution >= 4 is 27.5 Å². The van der Waals surface area contributed by atoms with Crippen molar-refractivity contribution in [1.29, 1.82) is 0 Å². The molecular formula is C14H17BrClN. The molecule has 3 rings (SSSR count). The van der Waals surface area contributed by atoms with Gasteiger partial charge in [-0.3, -0.25) is 4.90 Å². The highest BCUT2D eigenvalue weighted by molar-refractivity contribution is 9.09. The van der Waals surface area contributed by atoms with Crippen LogP contribution in [0.3, 0.4) is 0 Å². The number of piperidine rings is 1. The number of benzene rings is 1. The molecule has 2 saturated heterocycles. The lowest BCUT2D eigenvalue weighted by molar-refractivity contribution is 0.137. The average molecular weight is 315 g/mol. The average Bonchev–Trinajstić information content (AvgIpc) is 2.54. The van der Waals surface area contributed by atoms with Crippen LogP contribution in [0.2, 0.25) is 5.02 Å². The Balaban J connectivity index is 1.74. The van der Waals surface area contributed by atoms with E-state index in [4.69, 9.17) is 11.6 Å². The van der Waals surface area contributed by atoms with Crippen molar-refractivity contribution in [1.82, 2.24) is 4.90 Å². The van der Waals surface area contributed by atoms with Crippen LogP contribution in [0.4, 0.5) is 0 Å². The summed E-state index contributed by atoms with van der Waals surface area (Å²) in [7, 11) is 0. The van der Waals surface area contributed by atoms with Crippen LogP contribution in [0.15, 0.2) is 24.3 Å². The normalized spacial score (nSPS) is 32.9. The minimum absolute atomic E-state index is 0.732. The quantitative estimate of drug-likeness (QED) is 0.738. The number of rotatable bonds is 2. The van der Waals surface area contributed by atoms with E-state index in [0.717, 1.165) is 28.5 Å². The van der Waals surface area contributed by atoms with Crippen molar-refractivity contribution in [3.05, 3.63) is 34.9 Å². The van der Waals surface area contributed by atoms with E-state index >= 15 is 0 Å². The van der Waals surface area contributed by atoms with E-state index in [1.807, 2.05) is 6.07 Å². The molecule has 2 aliphatic heterocycles. The maximum absolute atomic E-state index is 6.05. The molecule has 1 nitrogen and oxygen atoms in total. The van der Waals surface area contributed by atoms with Crippen LogP contribution in [-0.4, -0.2) is 21.8 Å². The molecule has 17 heavy (non-hydrogen) atoms. The summed E-state index contributed by atoms with van der Waals surface area (Å²) in [5.74, 6) is 0. The van der Waals surface area contributed by atoms with Gasteiger partial charge in [0.05, 0.1) is 0 Å². The van der Waals surface area contributed by atoms with E-state index in [0.29, 0.717) is 0 Å². The Morgan fingerprint density at radius 2 is 1.94 bits per heavy atom. The lowest BCUT2D eigenvalue weighted by Crippen LogP contribution is -2.42. The third-order valence-electron chi connectivity index (χ3n) is 4.08. The zero-order valence-electron chi connectivity index (χ0n) is 9.78. The maximum atomic E-state index is 6.05. The molecular weight excluding hydrogens is 298 g/mol. The van der Waals surface area contributed by atoms with E-state index in [9.17, 15) is 0 Å². The van der Waals surface area contributed by atoms with E-state index in [1.165, 1.54) is 31.2 Å². The Morgan fingerprint density at radius 1 is 1.24 bits per heavy atom. The number of halogens is 2. The Hall–Kier alpha value is -0.0500. The summed E-state index contributed by atoms with van der Waals surface area (Å²) in [5.41, 5.74) is 1.35. The molecule has 1 aromatic rings. The second-order valence-electron chi connectivity index (χ2n) is 5.26. The molecule has 0 amide bonds. The zero-order valence-corrected chi connectivity index (χ0v) is 12.1. The van der Waals surface area contributed by atoms with Gasteiger partial charge in [-0.1, -0.05) is 39.7 Å². The van der Waals surface area contributed by atoms with Crippen LogP contribution in [0.25, 0.3) is 0 Å². The summed E-state index contributed by atoms with van der Waals surface area (Å²) in [6.07, 6.45) is 5.34. The summed E-state index contributed by atoms with van der Waals surface area (Å²) in [6, 6.07) is 9.84. The van der Waals surface area contributed by atoms with Crippen LogP contribution >= 0.6 is 27.5 Å². The predicted octanol–water partition coefficient (Wildman–Crippen LogP) is 4.23. The Kier molecular flexibility index (Phi) is 3.47. The molecule has 0 aliphatic carbocycles. The van der Waals surface area contributed by atoms with Gasteiger partial charge in [0.15, 0.2) is 0 Å². The molecule has 1 aromatic carbocycles. The molecule has 0 N–H and O–H groups in total. The van der Waals surface area contributed by atoms with Crippen molar-refractivity contribution in [2.75, 3.05) is 0 Å². The van der Waals surface area contributed by atoms with E-state index < -0.39 is 0 Å². The molecule has 0 aromatic heterocycles.